The van der Waals surface area contributed by atoms with E-state index in [-0.39, 0.29) is 34.2 Å². The summed E-state index contributed by atoms with van der Waals surface area (Å²) in [6.45, 7) is 7.10. The minimum absolute atomic E-state index is 0.103. The number of esters is 1. The van der Waals surface area contributed by atoms with Gasteiger partial charge in [0, 0.05) is 0 Å². The van der Waals surface area contributed by atoms with Gasteiger partial charge in [-0.2, -0.15) is 15.4 Å². The van der Waals surface area contributed by atoms with Crippen LogP contribution in [-0.4, -0.2) is 67.8 Å². The number of aliphatic hydroxyl groups excluding tert-OH is 2. The van der Waals surface area contributed by atoms with Gasteiger partial charge in [-0.15, -0.1) is 0 Å². The molecule has 48 heavy (non-hydrogen) atoms. The highest BCUT2D eigenvalue weighted by Crippen LogP contribution is 2.54. The summed E-state index contributed by atoms with van der Waals surface area (Å²) in [5, 5.41) is 39.2. The normalized spacial score (nSPS) is 27.3. The van der Waals surface area contributed by atoms with Crippen molar-refractivity contribution in [3.63, 3.8) is 0 Å². The molecule has 0 unspecified atom stereocenters. The van der Waals surface area contributed by atoms with E-state index in [9.17, 15) is 24.8 Å². The number of anilines is 1. The van der Waals surface area contributed by atoms with E-state index in [2.05, 4.69) is 35.9 Å². The Kier molecular flexibility index (Phi) is 9.08. The maximum atomic E-state index is 14.3. The highest BCUT2D eigenvalue weighted by Gasteiger charge is 2.58. The Bertz CT molecular complexity index is 1740. The second-order valence-corrected chi connectivity index (χ2v) is 16.0. The number of aliphatic hydroxyl groups is 2. The predicted molar refractivity (Wildman–Crippen MR) is 174 cm³/mol. The molecule has 3 heterocycles. The van der Waals surface area contributed by atoms with Gasteiger partial charge in [-0.05, 0) is 73.3 Å². The van der Waals surface area contributed by atoms with Crippen LogP contribution in [0.5, 0.6) is 5.75 Å². The number of nitrogens with zero attached hydrogens (tertiary/aromatic N) is 4. The molecule has 1 spiro atoms. The van der Waals surface area contributed by atoms with Crippen molar-refractivity contribution >= 4 is 25.1 Å². The largest absolute Gasteiger partial charge is 0.461 e. The minimum Gasteiger partial charge on any atom is -0.461 e. The van der Waals surface area contributed by atoms with Crippen LogP contribution < -0.4 is 15.3 Å². The second-order valence-electron chi connectivity index (χ2n) is 14.3. The first-order chi connectivity index (χ1) is 22.7. The van der Waals surface area contributed by atoms with Crippen LogP contribution in [0.3, 0.4) is 0 Å². The molecule has 2 aliphatic carbocycles. The number of aromatic nitrogens is 3. The number of nitrogens with two attached hydrogens (primary N) is 1. The molecule has 3 aromatic rings. The lowest BCUT2D eigenvalue weighted by atomic mass is 9.65. The van der Waals surface area contributed by atoms with Gasteiger partial charge >= 0.3 is 13.7 Å². The Labute approximate surface area is 279 Å². The Morgan fingerprint density at radius 2 is 1.90 bits per heavy atom. The van der Waals surface area contributed by atoms with Crippen molar-refractivity contribution in [2.24, 2.45) is 5.41 Å². The molecule has 0 bridgehead atoms. The monoisotopic (exact) mass is 682 g/mol. The van der Waals surface area contributed by atoms with Crippen molar-refractivity contribution in [3.8, 4) is 11.8 Å². The third kappa shape index (κ3) is 6.43. The molecule has 6 rings (SSSR count). The molecule has 2 aromatic heterocycles. The van der Waals surface area contributed by atoms with Crippen LogP contribution in [0.1, 0.15) is 77.5 Å². The summed E-state index contributed by atoms with van der Waals surface area (Å²) < 4.78 is 39.0. The van der Waals surface area contributed by atoms with E-state index >= 15 is 0 Å². The molecule has 1 saturated heterocycles. The lowest BCUT2D eigenvalue weighted by molar-refractivity contribution is -0.162. The molecule has 3 fully saturated rings. The van der Waals surface area contributed by atoms with Crippen LogP contribution >= 0.6 is 7.75 Å². The minimum atomic E-state index is -4.37. The number of nitrogen functional groups attached to an aromatic ring is 1. The van der Waals surface area contributed by atoms with Gasteiger partial charge in [0.1, 0.15) is 54.1 Å². The highest BCUT2D eigenvalue weighted by atomic mass is 31.2. The van der Waals surface area contributed by atoms with Gasteiger partial charge < -0.3 is 29.9 Å². The van der Waals surface area contributed by atoms with Gasteiger partial charge in [-0.25, -0.2) is 14.1 Å². The summed E-state index contributed by atoms with van der Waals surface area (Å²) in [7, 11) is -4.37. The molecule has 1 aliphatic heterocycles. The van der Waals surface area contributed by atoms with Gasteiger partial charge in [0.2, 0.25) is 5.60 Å². The molecule has 5 N–H and O–H groups in total. The molecule has 1 aromatic carbocycles. The fourth-order valence-electron chi connectivity index (χ4n) is 7.05. The van der Waals surface area contributed by atoms with E-state index in [4.69, 9.17) is 24.3 Å². The van der Waals surface area contributed by atoms with E-state index in [0.717, 1.165) is 31.2 Å². The van der Waals surface area contributed by atoms with Crippen LogP contribution in [0.4, 0.5) is 5.82 Å². The third-order valence-corrected chi connectivity index (χ3v) is 11.5. The number of carbonyl (C=O) groups excluding carboxylic acids is 1. The third-order valence-electron chi connectivity index (χ3n) is 9.82. The molecule has 15 heteroatoms. The number of nitriles is 1. The van der Waals surface area contributed by atoms with Crippen LogP contribution in [0.2, 0.25) is 0 Å². The number of rotatable bonds is 10. The Morgan fingerprint density at radius 1 is 1.21 bits per heavy atom. The summed E-state index contributed by atoms with van der Waals surface area (Å²) in [4.78, 5) is 17.0. The maximum absolute atomic E-state index is 14.3. The lowest BCUT2D eigenvalue weighted by Gasteiger charge is -2.44. The fourth-order valence-corrected chi connectivity index (χ4v) is 8.55. The second kappa shape index (κ2) is 12.7. The van der Waals surface area contributed by atoms with Gasteiger partial charge in [0.15, 0.2) is 5.82 Å². The van der Waals surface area contributed by atoms with Gasteiger partial charge in [-0.1, -0.05) is 45.7 Å². The smallest absolute Gasteiger partial charge is 0.459 e. The van der Waals surface area contributed by atoms with Crippen LogP contribution in [0.15, 0.2) is 42.7 Å². The Morgan fingerprint density at radius 3 is 2.54 bits per heavy atom. The lowest BCUT2D eigenvalue weighted by Crippen LogP contribution is -2.45. The summed E-state index contributed by atoms with van der Waals surface area (Å²) in [5.41, 5.74) is 5.49. The van der Waals surface area contributed by atoms with Crippen molar-refractivity contribution in [1.29, 1.82) is 5.26 Å². The number of nitrogens with one attached hydrogen (secondary N) is 1. The van der Waals surface area contributed by atoms with Crippen molar-refractivity contribution in [2.45, 2.75) is 108 Å². The van der Waals surface area contributed by atoms with Gasteiger partial charge in [0.25, 0.3) is 0 Å². The first-order valence-electron chi connectivity index (χ1n) is 16.2. The molecule has 14 nitrogen and oxygen atoms in total. The fraction of sp³-hybridized carbons (Fsp3) is 0.576. The molecule has 258 valence electrons. The van der Waals surface area contributed by atoms with Crippen molar-refractivity contribution in [2.75, 3.05) is 12.3 Å². The molecule has 6 atom stereocenters. The zero-order valence-electron chi connectivity index (χ0n) is 27.5. The molecular weight excluding hydrogens is 639 g/mol. The maximum Gasteiger partial charge on any atom is 0.459 e. The van der Waals surface area contributed by atoms with Crippen LogP contribution in [0, 0.1) is 16.7 Å². The summed E-state index contributed by atoms with van der Waals surface area (Å²) in [6.07, 6.45) is 2.61. The zero-order valence-corrected chi connectivity index (χ0v) is 28.4. The van der Waals surface area contributed by atoms with Gasteiger partial charge in [-0.3, -0.25) is 9.32 Å². The van der Waals surface area contributed by atoms with Crippen LogP contribution in [0.25, 0.3) is 5.52 Å². The van der Waals surface area contributed by atoms with Crippen molar-refractivity contribution in [3.05, 3.63) is 54.0 Å². The Hall–Kier alpha value is -3.57. The predicted octanol–water partition coefficient (Wildman–Crippen LogP) is 3.90. The van der Waals surface area contributed by atoms with E-state index < -0.39 is 50.3 Å². The zero-order chi connectivity index (χ0) is 34.5. The first-order valence-corrected chi connectivity index (χ1v) is 17.8. The number of hydrogen-bond acceptors (Lipinski definition) is 12. The van der Waals surface area contributed by atoms with E-state index in [1.54, 1.807) is 18.2 Å². The first kappa shape index (κ1) is 34.3. The van der Waals surface area contributed by atoms with E-state index in [1.165, 1.54) is 36.7 Å². The summed E-state index contributed by atoms with van der Waals surface area (Å²) >= 11 is 0. The van der Waals surface area contributed by atoms with E-state index in [0.29, 0.717) is 5.52 Å². The average Bonchev–Trinajstić information content (AvgIpc) is 3.74. The van der Waals surface area contributed by atoms with Gasteiger partial charge in [0.05, 0.1) is 12.3 Å². The quantitative estimate of drug-likeness (QED) is 0.177. The standard InChI is InChI=1S/C33H43N6O8P/c1-20(30(42)45-23-15-32(16-23)13-5-6-14-32)38-48(43,47-22-9-7-21(8-10-22)31(2,3)4)44-17-25-27(40)28(41)33(18-34,46-25)26-12-11-24-29(35)36-19-37-39(24)26/h7-12,19-20,23,25,27-28,40-41H,5-6,13-17H2,1-4H3,(H,38,43)(H2,35,36,37)/t20-,25+,27+,28+,33-,48+/m0/s1. The summed E-state index contributed by atoms with van der Waals surface area (Å²) in [5.74, 6) is -0.251. The van der Waals surface area contributed by atoms with E-state index in [1.807, 2.05) is 18.2 Å². The number of fused-ring (bicyclic) bond motifs is 1. The number of ether oxygens (including phenoxy) is 2. The van der Waals surface area contributed by atoms with Crippen molar-refractivity contribution in [1.82, 2.24) is 19.7 Å². The van der Waals surface area contributed by atoms with Crippen molar-refractivity contribution < 1.29 is 38.1 Å². The average molecular weight is 683 g/mol. The SMILES string of the molecule is C[C@H](N[P@@](=O)(OC[C@H]1O[C@@](C#N)(c2ccc3c(N)ncnn23)[C@H](O)[C@@H]1O)Oc1ccc(C(C)(C)C)cc1)C(=O)OC1CC2(CCCC2)C1. The number of carbonyl (C=O) groups is 1. The molecule has 3 aliphatic rings. The number of hydrogen-bond donors (Lipinski definition) is 4. The summed E-state index contributed by atoms with van der Waals surface area (Å²) in [6, 6.07) is 10.9. The molecule has 0 amide bonds. The molecule has 0 radical (unpaired) electrons. The Balaban J connectivity index is 1.19. The highest BCUT2D eigenvalue weighted by molar-refractivity contribution is 7.52. The topological polar surface area (TPSA) is 204 Å². The molecular formula is C33H43N6O8P. The van der Waals surface area contributed by atoms with Crippen LogP contribution in [-0.2, 0) is 34.4 Å². The number of benzene rings is 1. The molecule has 2 saturated carbocycles.